The number of nitrogens with one attached hydrogen (secondary N) is 1. The van der Waals surface area contributed by atoms with Crippen LogP contribution in [0.3, 0.4) is 0 Å². The summed E-state index contributed by atoms with van der Waals surface area (Å²) in [7, 11) is -3.29. The largest absolute Gasteiger partial charge is 0.462 e. The fourth-order valence-electron chi connectivity index (χ4n) is 3.87. The molecule has 1 amide bonds. The summed E-state index contributed by atoms with van der Waals surface area (Å²) in [5.41, 5.74) is 0.661. The van der Waals surface area contributed by atoms with E-state index in [1.54, 1.807) is 6.92 Å². The van der Waals surface area contributed by atoms with Crippen LogP contribution >= 0.6 is 11.3 Å². The highest BCUT2D eigenvalue weighted by Crippen LogP contribution is 2.42. The predicted molar refractivity (Wildman–Crippen MR) is 102 cm³/mol. The van der Waals surface area contributed by atoms with E-state index in [9.17, 15) is 31.2 Å². The van der Waals surface area contributed by atoms with Gasteiger partial charge in [0.1, 0.15) is 5.00 Å². The third-order valence-corrected chi connectivity index (χ3v) is 8.21. The number of anilines is 1. The van der Waals surface area contributed by atoms with Crippen LogP contribution in [-0.2, 0) is 31.5 Å². The first-order valence-electron chi connectivity index (χ1n) is 9.41. The SMILES string of the molecule is CCOC(=O)c1c(NC(=O)C2CCCC(C(F)(F)F)C2)sc2c1CCS(=O)(=O)C2. The predicted octanol–water partition coefficient (Wildman–Crippen LogP) is 3.70. The van der Waals surface area contributed by atoms with E-state index in [0.717, 1.165) is 11.3 Å². The molecule has 1 fully saturated rings. The number of carbonyl (C=O) groups is 2. The molecule has 1 N–H and O–H groups in total. The molecule has 6 nitrogen and oxygen atoms in total. The van der Waals surface area contributed by atoms with E-state index in [2.05, 4.69) is 5.32 Å². The van der Waals surface area contributed by atoms with Gasteiger partial charge in [0, 0.05) is 10.8 Å². The van der Waals surface area contributed by atoms with Gasteiger partial charge < -0.3 is 10.1 Å². The lowest BCUT2D eigenvalue weighted by atomic mass is 9.80. The van der Waals surface area contributed by atoms with Crippen molar-refractivity contribution in [1.82, 2.24) is 0 Å². The molecule has 2 aliphatic rings. The molecule has 2 heterocycles. The molecule has 1 saturated carbocycles. The molecule has 0 saturated heterocycles. The molecular formula is C18H22F3NO5S2. The summed E-state index contributed by atoms with van der Waals surface area (Å²) in [6.07, 6.45) is -3.85. The Morgan fingerprint density at radius 3 is 2.66 bits per heavy atom. The second-order valence-corrected chi connectivity index (χ2v) is 10.7. The second-order valence-electron chi connectivity index (χ2n) is 7.36. The number of alkyl halides is 3. The Balaban J connectivity index is 1.85. The summed E-state index contributed by atoms with van der Waals surface area (Å²) in [5.74, 6) is -3.91. The van der Waals surface area contributed by atoms with Crippen LogP contribution in [-0.4, -0.2) is 38.8 Å². The van der Waals surface area contributed by atoms with Crippen LogP contribution in [0.15, 0.2) is 0 Å². The van der Waals surface area contributed by atoms with E-state index < -0.39 is 39.7 Å². The molecule has 1 aromatic heterocycles. The molecule has 2 unspecified atom stereocenters. The molecule has 29 heavy (non-hydrogen) atoms. The molecular weight excluding hydrogens is 431 g/mol. The van der Waals surface area contributed by atoms with Gasteiger partial charge in [-0.25, -0.2) is 13.2 Å². The molecule has 11 heteroatoms. The molecule has 1 aromatic rings. The summed E-state index contributed by atoms with van der Waals surface area (Å²) >= 11 is 0.983. The molecule has 0 bridgehead atoms. The number of sulfone groups is 1. The third kappa shape index (κ3) is 4.93. The summed E-state index contributed by atoms with van der Waals surface area (Å²) in [4.78, 5) is 25.6. The van der Waals surface area contributed by atoms with Crippen molar-refractivity contribution in [2.45, 2.75) is 51.0 Å². The van der Waals surface area contributed by atoms with Crippen molar-refractivity contribution in [3.8, 4) is 0 Å². The van der Waals surface area contributed by atoms with E-state index in [0.29, 0.717) is 23.3 Å². The Labute approximate surface area is 170 Å². The smallest absolute Gasteiger partial charge is 0.391 e. The monoisotopic (exact) mass is 453 g/mol. The third-order valence-electron chi connectivity index (χ3n) is 5.33. The number of esters is 1. The van der Waals surface area contributed by atoms with Crippen molar-refractivity contribution < 1.29 is 35.9 Å². The minimum absolute atomic E-state index is 0.00646. The van der Waals surface area contributed by atoms with Crippen LogP contribution in [0, 0.1) is 11.8 Å². The molecule has 1 aliphatic carbocycles. The number of ether oxygens (including phenoxy) is 1. The van der Waals surface area contributed by atoms with Crippen LogP contribution < -0.4 is 5.32 Å². The van der Waals surface area contributed by atoms with Gasteiger partial charge in [-0.3, -0.25) is 4.79 Å². The number of hydrogen-bond acceptors (Lipinski definition) is 6. The Morgan fingerprint density at radius 1 is 1.28 bits per heavy atom. The topological polar surface area (TPSA) is 89.5 Å². The molecule has 0 aromatic carbocycles. The highest BCUT2D eigenvalue weighted by Gasteiger charge is 2.44. The first-order chi connectivity index (χ1) is 13.5. The van der Waals surface area contributed by atoms with Gasteiger partial charge in [-0.2, -0.15) is 13.2 Å². The number of halogens is 3. The lowest BCUT2D eigenvalue weighted by molar-refractivity contribution is -0.185. The molecule has 3 rings (SSSR count). The van der Waals surface area contributed by atoms with Crippen LogP contribution in [0.4, 0.5) is 18.2 Å². The highest BCUT2D eigenvalue weighted by molar-refractivity contribution is 7.90. The Morgan fingerprint density at radius 2 is 2.00 bits per heavy atom. The quantitative estimate of drug-likeness (QED) is 0.702. The summed E-state index contributed by atoms with van der Waals surface area (Å²) in [6, 6.07) is 0. The fourth-order valence-corrected chi connectivity index (χ4v) is 6.91. The zero-order valence-corrected chi connectivity index (χ0v) is 17.4. The van der Waals surface area contributed by atoms with Gasteiger partial charge in [-0.1, -0.05) is 6.42 Å². The summed E-state index contributed by atoms with van der Waals surface area (Å²) in [6.45, 7) is 1.73. The Hall–Kier alpha value is -1.62. The van der Waals surface area contributed by atoms with E-state index in [1.165, 1.54) is 0 Å². The van der Waals surface area contributed by atoms with Crippen LogP contribution in [0.5, 0.6) is 0 Å². The molecule has 0 radical (unpaired) electrons. The van der Waals surface area contributed by atoms with Gasteiger partial charge >= 0.3 is 12.1 Å². The van der Waals surface area contributed by atoms with Crippen molar-refractivity contribution >= 4 is 38.1 Å². The second kappa shape index (κ2) is 8.25. The minimum Gasteiger partial charge on any atom is -0.462 e. The maximum Gasteiger partial charge on any atom is 0.391 e. The van der Waals surface area contributed by atoms with Crippen LogP contribution in [0.25, 0.3) is 0 Å². The number of hydrogen-bond donors (Lipinski definition) is 1. The Kier molecular flexibility index (Phi) is 6.28. The number of carbonyl (C=O) groups excluding carboxylic acids is 2. The van der Waals surface area contributed by atoms with Gasteiger partial charge in [0.05, 0.1) is 29.6 Å². The van der Waals surface area contributed by atoms with Gasteiger partial charge in [0.2, 0.25) is 5.91 Å². The summed E-state index contributed by atoms with van der Waals surface area (Å²) in [5, 5.41) is 2.75. The molecule has 0 spiro atoms. The normalized spacial score (nSPS) is 23.9. The fraction of sp³-hybridized carbons (Fsp3) is 0.667. The lowest BCUT2D eigenvalue weighted by Crippen LogP contribution is -2.34. The number of fused-ring (bicyclic) bond motifs is 1. The van der Waals surface area contributed by atoms with Crippen molar-refractivity contribution in [2.75, 3.05) is 17.7 Å². The maximum atomic E-state index is 13.0. The average molecular weight is 454 g/mol. The van der Waals surface area contributed by atoms with Gasteiger partial charge in [-0.15, -0.1) is 11.3 Å². The minimum atomic E-state index is -4.34. The van der Waals surface area contributed by atoms with Crippen LogP contribution in [0.2, 0.25) is 0 Å². The lowest BCUT2D eigenvalue weighted by Gasteiger charge is -2.29. The van der Waals surface area contributed by atoms with Crippen molar-refractivity contribution in [2.24, 2.45) is 11.8 Å². The van der Waals surface area contributed by atoms with Gasteiger partial charge in [0.25, 0.3) is 0 Å². The molecule has 1 aliphatic heterocycles. The van der Waals surface area contributed by atoms with E-state index in [1.807, 2.05) is 0 Å². The average Bonchev–Trinajstić information content (AvgIpc) is 2.97. The number of rotatable bonds is 4. The van der Waals surface area contributed by atoms with E-state index >= 15 is 0 Å². The first kappa shape index (κ1) is 22.1. The van der Waals surface area contributed by atoms with Crippen molar-refractivity contribution in [1.29, 1.82) is 0 Å². The standard InChI is InChI=1S/C18H22F3NO5S2/c1-2-27-17(24)14-12-6-7-29(25,26)9-13(12)28-16(14)22-15(23)10-4-3-5-11(8-10)18(19,20)21/h10-11H,2-9H2,1H3,(H,22,23). The molecule has 162 valence electrons. The van der Waals surface area contributed by atoms with Crippen molar-refractivity contribution in [3.05, 3.63) is 16.0 Å². The number of amides is 1. The first-order valence-corrected chi connectivity index (χ1v) is 12.0. The van der Waals surface area contributed by atoms with Gasteiger partial charge in [0.15, 0.2) is 9.84 Å². The van der Waals surface area contributed by atoms with Crippen molar-refractivity contribution in [3.63, 3.8) is 0 Å². The molecule has 2 atom stereocenters. The number of thiophene rings is 1. The highest BCUT2D eigenvalue weighted by atomic mass is 32.2. The zero-order valence-electron chi connectivity index (χ0n) is 15.8. The van der Waals surface area contributed by atoms with E-state index in [-0.39, 0.29) is 47.9 Å². The van der Waals surface area contributed by atoms with E-state index in [4.69, 9.17) is 4.74 Å². The Bertz CT molecular complexity index is 907. The maximum absolute atomic E-state index is 13.0. The summed E-state index contributed by atoms with van der Waals surface area (Å²) < 4.78 is 68.0. The zero-order chi connectivity index (χ0) is 21.4. The van der Waals surface area contributed by atoms with Crippen LogP contribution in [0.1, 0.15) is 53.4 Å². The van der Waals surface area contributed by atoms with Gasteiger partial charge in [-0.05, 0) is 38.2 Å².